The highest BCUT2D eigenvalue weighted by atomic mass is 127. The molecule has 2 aromatic rings. The molecular weight excluding hydrogens is 434 g/mol. The molecule has 134 valence electrons. The second-order valence-electron chi connectivity index (χ2n) is 5.94. The zero-order chi connectivity index (χ0) is 16.8. The van der Waals surface area contributed by atoms with Crippen LogP contribution in [0.3, 0.4) is 0 Å². The Bertz CT molecular complexity index is 704. The Hall–Kier alpha value is -1.90. The molecule has 3 N–H and O–H groups in total. The maximum atomic E-state index is 12.9. The lowest BCUT2D eigenvalue weighted by Crippen LogP contribution is -2.37. The van der Waals surface area contributed by atoms with Crippen LogP contribution in [0.1, 0.15) is 24.8 Å². The van der Waals surface area contributed by atoms with Crippen molar-refractivity contribution < 1.29 is 9.13 Å². The van der Waals surface area contributed by atoms with Crippen LogP contribution in [0.25, 0.3) is 0 Å². The summed E-state index contributed by atoms with van der Waals surface area (Å²) < 4.78 is 18.5. The molecular formula is C18H22FIN4O. The Morgan fingerprint density at radius 1 is 1.28 bits per heavy atom. The molecule has 1 heterocycles. The Morgan fingerprint density at radius 2 is 2.04 bits per heavy atom. The van der Waals surface area contributed by atoms with E-state index in [1.54, 1.807) is 24.4 Å². The largest absolute Gasteiger partial charge is 0.439 e. The maximum absolute atomic E-state index is 12.9. The summed E-state index contributed by atoms with van der Waals surface area (Å²) in [7, 11) is 0. The van der Waals surface area contributed by atoms with Crippen molar-refractivity contribution in [1.82, 2.24) is 10.3 Å². The third-order valence-electron chi connectivity index (χ3n) is 4.06. The number of rotatable bonds is 6. The van der Waals surface area contributed by atoms with Gasteiger partial charge in [-0.05, 0) is 54.7 Å². The second-order valence-corrected chi connectivity index (χ2v) is 5.94. The van der Waals surface area contributed by atoms with Crippen molar-refractivity contribution in [2.24, 2.45) is 16.6 Å². The van der Waals surface area contributed by atoms with Crippen LogP contribution >= 0.6 is 24.0 Å². The SMILES string of the molecule is I.NC(=NCc1ccnc(Oc2ccc(F)cc2)c1)NCC1CCC1. The highest BCUT2D eigenvalue weighted by Gasteiger charge is 2.16. The van der Waals surface area contributed by atoms with Crippen molar-refractivity contribution >= 4 is 29.9 Å². The van der Waals surface area contributed by atoms with Crippen LogP contribution in [0.2, 0.25) is 0 Å². The van der Waals surface area contributed by atoms with Gasteiger partial charge in [0.05, 0.1) is 6.54 Å². The summed E-state index contributed by atoms with van der Waals surface area (Å²) >= 11 is 0. The van der Waals surface area contributed by atoms with Gasteiger partial charge in [-0.25, -0.2) is 14.4 Å². The minimum atomic E-state index is -0.303. The average Bonchev–Trinajstić information content (AvgIpc) is 2.54. The van der Waals surface area contributed by atoms with Gasteiger partial charge in [-0.2, -0.15) is 0 Å². The van der Waals surface area contributed by atoms with E-state index in [1.165, 1.54) is 31.4 Å². The van der Waals surface area contributed by atoms with Gasteiger partial charge in [-0.1, -0.05) is 6.42 Å². The number of aliphatic imine (C=N–C) groups is 1. The predicted molar refractivity (Wildman–Crippen MR) is 107 cm³/mol. The Balaban J connectivity index is 0.00000225. The van der Waals surface area contributed by atoms with Crippen LogP contribution in [0.5, 0.6) is 11.6 Å². The monoisotopic (exact) mass is 456 g/mol. The molecule has 1 aromatic heterocycles. The van der Waals surface area contributed by atoms with Gasteiger partial charge >= 0.3 is 0 Å². The van der Waals surface area contributed by atoms with E-state index < -0.39 is 0 Å². The van der Waals surface area contributed by atoms with Crippen molar-refractivity contribution in [2.45, 2.75) is 25.8 Å². The lowest BCUT2D eigenvalue weighted by atomic mass is 9.85. The molecule has 7 heteroatoms. The Kier molecular flexibility index (Phi) is 7.42. The zero-order valence-electron chi connectivity index (χ0n) is 13.8. The molecule has 0 spiro atoms. The summed E-state index contributed by atoms with van der Waals surface area (Å²) in [6.45, 7) is 1.34. The number of nitrogens with two attached hydrogens (primary N) is 1. The number of benzene rings is 1. The van der Waals surface area contributed by atoms with Gasteiger partial charge < -0.3 is 15.8 Å². The summed E-state index contributed by atoms with van der Waals surface area (Å²) in [6.07, 6.45) is 5.52. The van der Waals surface area contributed by atoms with Gasteiger partial charge in [0.2, 0.25) is 5.88 Å². The maximum Gasteiger partial charge on any atom is 0.219 e. The molecule has 0 aliphatic heterocycles. The molecule has 0 unspecified atom stereocenters. The van der Waals surface area contributed by atoms with E-state index in [-0.39, 0.29) is 29.8 Å². The zero-order valence-corrected chi connectivity index (χ0v) is 16.2. The standard InChI is InChI=1S/C18H21FN4O.HI/c19-15-4-6-16(7-5-15)24-17-10-14(8-9-21-17)12-23-18(20)22-11-13-2-1-3-13;/h4-10,13H,1-3,11-12H2,(H3,20,22,23);1H. The van der Waals surface area contributed by atoms with E-state index in [0.29, 0.717) is 24.1 Å². The van der Waals surface area contributed by atoms with Crippen molar-refractivity contribution in [3.8, 4) is 11.6 Å². The molecule has 5 nitrogen and oxygen atoms in total. The van der Waals surface area contributed by atoms with E-state index in [0.717, 1.165) is 18.0 Å². The molecule has 1 saturated carbocycles. The Morgan fingerprint density at radius 3 is 2.72 bits per heavy atom. The van der Waals surface area contributed by atoms with E-state index in [9.17, 15) is 4.39 Å². The number of nitrogens with one attached hydrogen (secondary N) is 1. The molecule has 25 heavy (non-hydrogen) atoms. The number of ether oxygens (including phenoxy) is 1. The topological polar surface area (TPSA) is 72.5 Å². The number of guanidine groups is 1. The third kappa shape index (κ3) is 6.15. The third-order valence-corrected chi connectivity index (χ3v) is 4.06. The Labute approximate surface area is 163 Å². The number of hydrogen-bond acceptors (Lipinski definition) is 3. The highest BCUT2D eigenvalue weighted by molar-refractivity contribution is 14.0. The van der Waals surface area contributed by atoms with E-state index >= 15 is 0 Å². The quantitative estimate of drug-likeness (QED) is 0.394. The van der Waals surface area contributed by atoms with Crippen molar-refractivity contribution in [3.63, 3.8) is 0 Å². The normalized spacial score (nSPS) is 14.4. The fourth-order valence-corrected chi connectivity index (χ4v) is 2.41. The smallest absolute Gasteiger partial charge is 0.219 e. The van der Waals surface area contributed by atoms with Gasteiger partial charge in [0.25, 0.3) is 0 Å². The summed E-state index contributed by atoms with van der Waals surface area (Å²) in [5.41, 5.74) is 6.82. The first-order valence-electron chi connectivity index (χ1n) is 8.11. The van der Waals surface area contributed by atoms with Crippen LogP contribution < -0.4 is 15.8 Å². The molecule has 0 radical (unpaired) electrons. The summed E-state index contributed by atoms with van der Waals surface area (Å²) in [5, 5.41) is 3.16. The lowest BCUT2D eigenvalue weighted by molar-refractivity contribution is 0.315. The number of hydrogen-bond donors (Lipinski definition) is 2. The number of nitrogens with zero attached hydrogens (tertiary/aromatic N) is 2. The minimum Gasteiger partial charge on any atom is -0.439 e. The van der Waals surface area contributed by atoms with Crippen molar-refractivity contribution in [3.05, 3.63) is 54.0 Å². The summed E-state index contributed by atoms with van der Waals surface area (Å²) in [4.78, 5) is 8.49. The second kappa shape index (κ2) is 9.55. The van der Waals surface area contributed by atoms with Crippen molar-refractivity contribution in [1.29, 1.82) is 0 Å². The average molecular weight is 456 g/mol. The fraction of sp³-hybridized carbons (Fsp3) is 0.333. The minimum absolute atomic E-state index is 0. The van der Waals surface area contributed by atoms with Gasteiger partial charge in [-0.3, -0.25) is 0 Å². The van der Waals surface area contributed by atoms with Crippen LogP contribution in [0.15, 0.2) is 47.6 Å². The molecule has 1 fully saturated rings. The first-order chi connectivity index (χ1) is 11.7. The van der Waals surface area contributed by atoms with Crippen LogP contribution in [-0.2, 0) is 6.54 Å². The summed E-state index contributed by atoms with van der Waals surface area (Å²) in [6, 6.07) is 9.47. The van der Waals surface area contributed by atoms with Gasteiger partial charge in [0.15, 0.2) is 5.96 Å². The van der Waals surface area contributed by atoms with E-state index in [1.807, 2.05) is 6.07 Å². The lowest BCUT2D eigenvalue weighted by Gasteiger charge is -2.25. The van der Waals surface area contributed by atoms with Crippen LogP contribution in [-0.4, -0.2) is 17.5 Å². The highest BCUT2D eigenvalue weighted by Crippen LogP contribution is 2.25. The molecule has 3 rings (SSSR count). The fourth-order valence-electron chi connectivity index (χ4n) is 2.41. The number of aromatic nitrogens is 1. The molecule has 0 atom stereocenters. The first kappa shape index (κ1) is 19.4. The molecule has 1 aliphatic carbocycles. The number of pyridine rings is 1. The predicted octanol–water partition coefficient (Wildman–Crippen LogP) is 3.84. The van der Waals surface area contributed by atoms with E-state index in [2.05, 4.69) is 15.3 Å². The molecule has 1 aliphatic rings. The van der Waals surface area contributed by atoms with Gasteiger partial charge in [0, 0.05) is 18.8 Å². The van der Waals surface area contributed by atoms with Crippen LogP contribution in [0, 0.1) is 11.7 Å². The van der Waals surface area contributed by atoms with Crippen molar-refractivity contribution in [2.75, 3.05) is 6.54 Å². The number of halogens is 2. The first-order valence-corrected chi connectivity index (χ1v) is 8.11. The molecule has 0 amide bonds. The molecule has 0 bridgehead atoms. The molecule has 0 saturated heterocycles. The summed E-state index contributed by atoms with van der Waals surface area (Å²) in [5.74, 6) is 1.86. The van der Waals surface area contributed by atoms with Crippen LogP contribution in [0.4, 0.5) is 4.39 Å². The molecule has 1 aromatic carbocycles. The van der Waals surface area contributed by atoms with E-state index in [4.69, 9.17) is 10.5 Å². The van der Waals surface area contributed by atoms with Gasteiger partial charge in [-0.15, -0.1) is 24.0 Å². The van der Waals surface area contributed by atoms with Gasteiger partial charge in [0.1, 0.15) is 11.6 Å².